The number of piperidine rings is 1. The second-order valence-electron chi connectivity index (χ2n) is 12.1. The molecule has 168 valence electrons. The van der Waals surface area contributed by atoms with Crippen molar-refractivity contribution >= 4 is 19.1 Å². The number of nitrogens with zero attached hydrogens (tertiary/aromatic N) is 3. The van der Waals surface area contributed by atoms with Crippen molar-refractivity contribution in [1.29, 1.82) is 0 Å². The highest BCUT2D eigenvalue weighted by atomic mass is 16.3. The summed E-state index contributed by atoms with van der Waals surface area (Å²) in [6.45, 7) is 3.67. The SMILES string of the molecule is [B]c1ccc(N2C[C@H]3CC45CCC2C3C42CCN(CC3CC3)C5Cc3ccc(O)cc32)nc1. The summed E-state index contributed by atoms with van der Waals surface area (Å²) in [6, 6.07) is 11.7. The maximum absolute atomic E-state index is 10.6. The van der Waals surface area contributed by atoms with Crippen molar-refractivity contribution in [3.63, 3.8) is 0 Å². The zero-order valence-electron chi connectivity index (χ0n) is 19.3. The number of aromatic nitrogens is 1. The van der Waals surface area contributed by atoms with E-state index in [1.165, 1.54) is 69.2 Å². The topological polar surface area (TPSA) is 39.6 Å². The first-order valence-corrected chi connectivity index (χ1v) is 13.1. The molecule has 1 N–H and O–H groups in total. The Bertz CT molecular complexity index is 1130. The molecule has 6 atom stereocenters. The number of aromatic hydroxyl groups is 1. The summed E-state index contributed by atoms with van der Waals surface area (Å²) < 4.78 is 0. The van der Waals surface area contributed by atoms with Crippen molar-refractivity contribution in [2.24, 2.45) is 23.2 Å². The highest BCUT2D eigenvalue weighted by molar-refractivity contribution is 6.32. The van der Waals surface area contributed by atoms with E-state index in [2.05, 4.69) is 28.0 Å². The van der Waals surface area contributed by atoms with Gasteiger partial charge >= 0.3 is 0 Å². The van der Waals surface area contributed by atoms with Gasteiger partial charge in [0.15, 0.2) is 0 Å². The lowest BCUT2D eigenvalue weighted by Crippen LogP contribution is -2.69. The highest BCUT2D eigenvalue weighted by Crippen LogP contribution is 2.75. The number of hydrogen-bond donors (Lipinski definition) is 1. The van der Waals surface area contributed by atoms with Crippen molar-refractivity contribution in [3.8, 4) is 5.75 Å². The number of phenolic OH excluding ortho intramolecular Hbond substituents is 1. The Hall–Kier alpha value is -2.01. The van der Waals surface area contributed by atoms with Crippen molar-refractivity contribution in [2.75, 3.05) is 24.5 Å². The Morgan fingerprint density at radius 2 is 2.03 bits per heavy atom. The Morgan fingerprint density at radius 3 is 2.85 bits per heavy atom. The molecule has 1 aromatic carbocycles. The number of anilines is 1. The monoisotopic (exact) mass is 437 g/mol. The molecule has 33 heavy (non-hydrogen) atoms. The fourth-order valence-corrected chi connectivity index (χ4v) is 9.78. The molecule has 2 aromatic rings. The summed E-state index contributed by atoms with van der Waals surface area (Å²) in [5, 5.41) is 10.6. The third-order valence-electron chi connectivity index (χ3n) is 10.8. The van der Waals surface area contributed by atoms with Crippen LogP contribution in [-0.2, 0) is 11.8 Å². The molecule has 2 saturated heterocycles. The molecule has 8 rings (SSSR count). The number of hydrogen-bond acceptors (Lipinski definition) is 4. The maximum Gasteiger partial charge on any atom is 0.128 e. The third kappa shape index (κ3) is 2.35. The minimum absolute atomic E-state index is 0.209. The lowest BCUT2D eigenvalue weighted by atomic mass is 9.43. The van der Waals surface area contributed by atoms with Crippen LogP contribution < -0.4 is 10.4 Å². The van der Waals surface area contributed by atoms with E-state index in [1.54, 1.807) is 0 Å². The summed E-state index contributed by atoms with van der Waals surface area (Å²) in [5.41, 5.74) is 4.35. The molecule has 4 bridgehead atoms. The van der Waals surface area contributed by atoms with Crippen LogP contribution in [0.15, 0.2) is 36.5 Å². The van der Waals surface area contributed by atoms with Crippen molar-refractivity contribution in [2.45, 2.75) is 62.4 Å². The van der Waals surface area contributed by atoms with Crippen LogP contribution in [0.1, 0.15) is 49.7 Å². The van der Waals surface area contributed by atoms with Gasteiger partial charge < -0.3 is 10.0 Å². The maximum atomic E-state index is 10.6. The molecule has 3 saturated carbocycles. The van der Waals surface area contributed by atoms with Crippen LogP contribution in [0.25, 0.3) is 0 Å². The summed E-state index contributed by atoms with van der Waals surface area (Å²) in [7, 11) is 5.95. The van der Waals surface area contributed by atoms with Gasteiger partial charge in [-0.15, -0.1) is 0 Å². The normalized spacial score (nSPS) is 40.5. The molecule has 2 radical (unpaired) electrons. The average Bonchev–Trinajstić information content (AvgIpc) is 3.50. The van der Waals surface area contributed by atoms with E-state index in [0.717, 1.165) is 23.7 Å². The van der Waals surface area contributed by atoms with Gasteiger partial charge in [0.1, 0.15) is 19.4 Å². The van der Waals surface area contributed by atoms with Gasteiger partial charge in [0, 0.05) is 36.8 Å². The highest BCUT2D eigenvalue weighted by Gasteiger charge is 2.76. The first-order chi connectivity index (χ1) is 16.1. The number of fused-ring (bicyclic) bond motifs is 1. The fourth-order valence-electron chi connectivity index (χ4n) is 9.78. The quantitative estimate of drug-likeness (QED) is 0.749. The molecular weight excluding hydrogens is 405 g/mol. The molecule has 5 heteroatoms. The van der Waals surface area contributed by atoms with E-state index < -0.39 is 0 Å². The van der Waals surface area contributed by atoms with Gasteiger partial charge in [0.2, 0.25) is 0 Å². The zero-order valence-corrected chi connectivity index (χ0v) is 19.3. The van der Waals surface area contributed by atoms with Gasteiger partial charge in [-0.1, -0.05) is 17.6 Å². The van der Waals surface area contributed by atoms with E-state index in [-0.39, 0.29) is 5.41 Å². The molecule has 0 spiro atoms. The lowest BCUT2D eigenvalue weighted by molar-refractivity contribution is -0.0921. The zero-order chi connectivity index (χ0) is 21.9. The minimum Gasteiger partial charge on any atom is -0.508 e. The van der Waals surface area contributed by atoms with Gasteiger partial charge in [-0.2, -0.15) is 0 Å². The summed E-state index contributed by atoms with van der Waals surface area (Å²) in [6.07, 6.45) is 11.1. The first-order valence-electron chi connectivity index (χ1n) is 13.1. The van der Waals surface area contributed by atoms with Gasteiger partial charge in [-0.05, 0) is 104 Å². The fraction of sp³-hybridized carbons (Fsp3) is 0.607. The molecule has 2 aliphatic heterocycles. The Balaban J connectivity index is 1.28. The minimum atomic E-state index is 0.209. The molecule has 3 heterocycles. The molecule has 5 fully saturated rings. The van der Waals surface area contributed by atoms with Crippen LogP contribution in [0.2, 0.25) is 0 Å². The summed E-state index contributed by atoms with van der Waals surface area (Å²) >= 11 is 0. The largest absolute Gasteiger partial charge is 0.508 e. The number of pyridine rings is 1. The number of rotatable bonds is 3. The third-order valence-corrected chi connectivity index (χ3v) is 10.8. The molecule has 1 aromatic heterocycles. The second kappa shape index (κ2) is 6.35. The molecule has 0 amide bonds. The van der Waals surface area contributed by atoms with Gasteiger partial charge in [-0.3, -0.25) is 4.90 Å². The molecule has 4 aliphatic carbocycles. The van der Waals surface area contributed by atoms with Gasteiger partial charge in [-0.25, -0.2) is 4.98 Å². The number of benzene rings is 1. The lowest BCUT2D eigenvalue weighted by Gasteiger charge is -2.66. The summed E-state index contributed by atoms with van der Waals surface area (Å²) in [4.78, 5) is 10.3. The number of likely N-dealkylation sites (tertiary alicyclic amines) is 1. The second-order valence-corrected chi connectivity index (χ2v) is 12.1. The molecule has 6 aliphatic rings. The van der Waals surface area contributed by atoms with Crippen molar-refractivity contribution in [1.82, 2.24) is 9.88 Å². The molecule has 5 unspecified atom stereocenters. The molecular formula is C28H32BN3O. The molecule has 4 nitrogen and oxygen atoms in total. The van der Waals surface area contributed by atoms with Crippen LogP contribution in [0.3, 0.4) is 0 Å². The van der Waals surface area contributed by atoms with Crippen LogP contribution in [0, 0.1) is 23.2 Å². The van der Waals surface area contributed by atoms with Crippen LogP contribution >= 0.6 is 0 Å². The Labute approximate surface area is 197 Å². The number of phenols is 1. The van der Waals surface area contributed by atoms with Gasteiger partial charge in [0.05, 0.1) is 0 Å². The Morgan fingerprint density at radius 1 is 1.12 bits per heavy atom. The van der Waals surface area contributed by atoms with E-state index in [4.69, 9.17) is 12.8 Å². The van der Waals surface area contributed by atoms with E-state index in [1.807, 2.05) is 18.3 Å². The van der Waals surface area contributed by atoms with Crippen LogP contribution in [0.5, 0.6) is 5.75 Å². The summed E-state index contributed by atoms with van der Waals surface area (Å²) in [5.74, 6) is 3.87. The van der Waals surface area contributed by atoms with E-state index in [0.29, 0.717) is 35.1 Å². The Kier molecular flexibility index (Phi) is 3.72. The van der Waals surface area contributed by atoms with Crippen LogP contribution in [-0.4, -0.2) is 54.6 Å². The van der Waals surface area contributed by atoms with Gasteiger partial charge in [0.25, 0.3) is 0 Å². The van der Waals surface area contributed by atoms with Crippen LogP contribution in [0.4, 0.5) is 5.82 Å². The predicted octanol–water partition coefficient (Wildman–Crippen LogP) is 3.16. The van der Waals surface area contributed by atoms with E-state index >= 15 is 0 Å². The predicted molar refractivity (Wildman–Crippen MR) is 130 cm³/mol. The van der Waals surface area contributed by atoms with Crippen molar-refractivity contribution in [3.05, 3.63) is 47.7 Å². The van der Waals surface area contributed by atoms with Crippen molar-refractivity contribution < 1.29 is 5.11 Å². The standard InChI is InChI=1S/C28H32BN3O/c29-20-4-6-25(30-14-20)32-16-19-13-27-8-7-23(32)26(19)28(27)9-10-31(15-17-1-2-17)24(27)11-18-3-5-21(33)12-22(18)28/h3-6,12,14,17,19,23-24,26,33H,1-2,7-11,13,15-16H2/t19-,23?,24?,26?,27?,28?/m1/s1. The average molecular weight is 437 g/mol. The van der Waals surface area contributed by atoms with E-state index in [9.17, 15) is 5.11 Å². The smallest absolute Gasteiger partial charge is 0.128 e. The first kappa shape index (κ1) is 19.3.